The van der Waals surface area contributed by atoms with E-state index in [0.717, 1.165) is 64.8 Å². The summed E-state index contributed by atoms with van der Waals surface area (Å²) in [7, 11) is 0. The van der Waals surface area contributed by atoms with Crippen LogP contribution in [0.3, 0.4) is 0 Å². The molecule has 1 saturated carbocycles. The number of hydrogen-bond donors (Lipinski definition) is 1. The van der Waals surface area contributed by atoms with Crippen LogP contribution < -0.4 is 15.0 Å². The zero-order chi connectivity index (χ0) is 31.9. The second-order valence-electron chi connectivity index (χ2n) is 14.7. The van der Waals surface area contributed by atoms with Gasteiger partial charge in [-0.25, -0.2) is 9.37 Å². The monoisotopic (exact) mass is 621 g/mol. The summed E-state index contributed by atoms with van der Waals surface area (Å²) in [4.78, 5) is 36.7. The van der Waals surface area contributed by atoms with Gasteiger partial charge < -0.3 is 24.8 Å². The van der Waals surface area contributed by atoms with Crippen LogP contribution >= 0.6 is 0 Å². The first-order valence-electron chi connectivity index (χ1n) is 16.7. The van der Waals surface area contributed by atoms with Crippen molar-refractivity contribution in [2.45, 2.75) is 97.2 Å². The molecule has 3 aliphatic heterocycles. The van der Waals surface area contributed by atoms with Crippen LogP contribution in [-0.2, 0) is 4.79 Å². The number of nitrogens with zero attached hydrogens (tertiary/aromatic N) is 6. The highest BCUT2D eigenvalue weighted by Crippen LogP contribution is 2.45. The highest BCUT2D eigenvalue weighted by atomic mass is 19.1. The first-order valence-corrected chi connectivity index (χ1v) is 16.7. The van der Waals surface area contributed by atoms with E-state index in [4.69, 9.17) is 4.74 Å². The molecule has 11 heteroatoms. The molecule has 2 amide bonds. The third-order valence-electron chi connectivity index (χ3n) is 10.7. The zero-order valence-electron chi connectivity index (χ0n) is 27.4. The number of halogens is 1. The van der Waals surface area contributed by atoms with Gasteiger partial charge in [-0.2, -0.15) is 0 Å². The van der Waals surface area contributed by atoms with Crippen molar-refractivity contribution in [1.29, 1.82) is 0 Å². The van der Waals surface area contributed by atoms with E-state index in [1.54, 1.807) is 4.90 Å². The molecular formula is C34H48FN7O3. The van der Waals surface area contributed by atoms with Crippen molar-refractivity contribution in [3.8, 4) is 11.6 Å². The predicted molar refractivity (Wildman–Crippen MR) is 170 cm³/mol. The van der Waals surface area contributed by atoms with Gasteiger partial charge in [0, 0.05) is 48.6 Å². The molecule has 6 rings (SSSR count). The molecule has 3 saturated heterocycles. The number of anilines is 1. The Hall–Kier alpha value is -3.34. The van der Waals surface area contributed by atoms with Gasteiger partial charge in [-0.1, -0.05) is 6.92 Å². The van der Waals surface area contributed by atoms with Crippen LogP contribution in [0.4, 0.5) is 10.2 Å². The minimum Gasteiger partial charge on any atom is -0.434 e. The molecule has 1 aliphatic carbocycles. The van der Waals surface area contributed by atoms with Crippen LogP contribution in [0, 0.1) is 23.1 Å². The lowest BCUT2D eigenvalue weighted by Gasteiger charge is -2.54. The highest BCUT2D eigenvalue weighted by Gasteiger charge is 2.48. The predicted octanol–water partition coefficient (Wildman–Crippen LogP) is 5.05. The summed E-state index contributed by atoms with van der Waals surface area (Å²) in [5, 5.41) is 11.5. The standard InChI is InChI=1S/C34H48FN7O3/c1-22(2)42(23(3)4)32(44)27-16-26(35)6-7-28(27)45-31-29(36-21-37-39-31)41-19-33(20-41)12-14-40(15-13-33)18-25-8-10-34(11-9-25)17-24(5)30(43)38-34/h6-7,16,21-25H,8-15,17-20H2,1-5H3,(H,38,43)/t24?,25-,34-. The molecule has 2 spiro atoms. The molecule has 1 N–H and O–H groups in total. The van der Waals surface area contributed by atoms with E-state index in [2.05, 4.69) is 37.2 Å². The fraction of sp³-hybridized carbons (Fsp3) is 0.676. The molecule has 0 bridgehead atoms. The number of rotatable bonds is 8. The summed E-state index contributed by atoms with van der Waals surface area (Å²) in [5.74, 6) is 1.33. The summed E-state index contributed by atoms with van der Waals surface area (Å²) < 4.78 is 20.5. The van der Waals surface area contributed by atoms with Gasteiger partial charge in [-0.15, -0.1) is 10.2 Å². The Morgan fingerprint density at radius 1 is 1.11 bits per heavy atom. The van der Waals surface area contributed by atoms with Crippen molar-refractivity contribution < 1.29 is 18.7 Å². The van der Waals surface area contributed by atoms with E-state index < -0.39 is 5.82 Å². The second-order valence-corrected chi connectivity index (χ2v) is 14.7. The lowest BCUT2D eigenvalue weighted by Crippen LogP contribution is -2.61. The fourth-order valence-corrected chi connectivity index (χ4v) is 8.27. The number of piperidine rings is 1. The maximum absolute atomic E-state index is 14.3. The molecule has 10 nitrogen and oxygen atoms in total. The van der Waals surface area contributed by atoms with E-state index in [-0.39, 0.29) is 58.0 Å². The summed E-state index contributed by atoms with van der Waals surface area (Å²) in [6.07, 6.45) is 9.29. The van der Waals surface area contributed by atoms with E-state index in [1.165, 1.54) is 37.4 Å². The first kappa shape index (κ1) is 31.6. The van der Waals surface area contributed by atoms with Crippen LogP contribution in [0.1, 0.15) is 89.9 Å². The molecule has 0 radical (unpaired) electrons. The van der Waals surface area contributed by atoms with Gasteiger partial charge in [-0.3, -0.25) is 9.59 Å². The third-order valence-corrected chi connectivity index (χ3v) is 10.7. The molecular weight excluding hydrogens is 573 g/mol. The largest absolute Gasteiger partial charge is 0.434 e. The first-order chi connectivity index (χ1) is 21.5. The molecule has 1 aromatic heterocycles. The quantitative estimate of drug-likeness (QED) is 0.437. The number of nitrogens with one attached hydrogen (secondary N) is 1. The molecule has 4 fully saturated rings. The summed E-state index contributed by atoms with van der Waals surface area (Å²) in [6, 6.07) is 3.86. The Bertz CT molecular complexity index is 1390. The minimum atomic E-state index is -0.504. The molecule has 45 heavy (non-hydrogen) atoms. The van der Waals surface area contributed by atoms with Crippen molar-refractivity contribution in [2.24, 2.45) is 17.3 Å². The Kier molecular flexibility index (Phi) is 8.76. The third kappa shape index (κ3) is 6.50. The summed E-state index contributed by atoms with van der Waals surface area (Å²) in [5.41, 5.74) is 0.450. The van der Waals surface area contributed by atoms with Gasteiger partial charge in [0.15, 0.2) is 5.82 Å². The molecule has 4 heterocycles. The van der Waals surface area contributed by atoms with Crippen LogP contribution in [0.2, 0.25) is 0 Å². The summed E-state index contributed by atoms with van der Waals surface area (Å²) >= 11 is 0. The van der Waals surface area contributed by atoms with E-state index >= 15 is 0 Å². The lowest BCUT2D eigenvalue weighted by atomic mass is 9.71. The Morgan fingerprint density at radius 2 is 1.80 bits per heavy atom. The van der Waals surface area contributed by atoms with Gasteiger partial charge in [-0.05, 0) is 110 Å². The maximum Gasteiger partial charge on any atom is 0.282 e. The smallest absolute Gasteiger partial charge is 0.282 e. The normalized spacial score (nSPS) is 26.4. The average molecular weight is 622 g/mol. The van der Waals surface area contributed by atoms with Gasteiger partial charge in [0.05, 0.1) is 5.56 Å². The number of carbonyl (C=O) groups is 2. The van der Waals surface area contributed by atoms with Crippen molar-refractivity contribution in [2.75, 3.05) is 37.6 Å². The minimum absolute atomic E-state index is 0.0586. The van der Waals surface area contributed by atoms with E-state index in [9.17, 15) is 14.0 Å². The fourth-order valence-electron chi connectivity index (χ4n) is 8.27. The van der Waals surface area contributed by atoms with E-state index in [0.29, 0.717) is 11.7 Å². The number of carbonyl (C=O) groups excluding carboxylic acids is 2. The molecule has 4 aliphatic rings. The van der Waals surface area contributed by atoms with Crippen LogP contribution in [0.5, 0.6) is 11.6 Å². The number of hydrogen-bond acceptors (Lipinski definition) is 8. The highest BCUT2D eigenvalue weighted by molar-refractivity contribution is 5.97. The number of amides is 2. The summed E-state index contributed by atoms with van der Waals surface area (Å²) in [6.45, 7) is 14.9. The molecule has 1 unspecified atom stereocenters. The van der Waals surface area contributed by atoms with Crippen molar-refractivity contribution in [1.82, 2.24) is 30.3 Å². The number of benzene rings is 1. The molecule has 2 aromatic rings. The maximum atomic E-state index is 14.3. The number of aromatic nitrogens is 3. The second kappa shape index (κ2) is 12.5. The van der Waals surface area contributed by atoms with Crippen LogP contribution in [-0.4, -0.2) is 87.1 Å². The van der Waals surface area contributed by atoms with Crippen molar-refractivity contribution in [3.63, 3.8) is 0 Å². The van der Waals surface area contributed by atoms with Crippen molar-refractivity contribution in [3.05, 3.63) is 35.9 Å². The van der Waals surface area contributed by atoms with Crippen molar-refractivity contribution >= 4 is 17.6 Å². The average Bonchev–Trinajstić information content (AvgIpc) is 3.26. The Morgan fingerprint density at radius 3 is 2.42 bits per heavy atom. The van der Waals surface area contributed by atoms with Crippen LogP contribution in [0.15, 0.2) is 24.5 Å². The lowest BCUT2D eigenvalue weighted by molar-refractivity contribution is -0.122. The van der Waals surface area contributed by atoms with Gasteiger partial charge >= 0.3 is 0 Å². The number of ether oxygens (including phenoxy) is 1. The van der Waals surface area contributed by atoms with E-state index in [1.807, 2.05) is 27.7 Å². The van der Waals surface area contributed by atoms with Gasteiger partial charge in [0.1, 0.15) is 17.9 Å². The zero-order valence-corrected chi connectivity index (χ0v) is 27.4. The molecule has 244 valence electrons. The van der Waals surface area contributed by atoms with Gasteiger partial charge in [0.25, 0.3) is 11.8 Å². The Balaban J connectivity index is 1.05. The molecule has 1 aromatic carbocycles. The topological polar surface area (TPSA) is 104 Å². The Labute approximate surface area is 266 Å². The number of likely N-dealkylation sites (tertiary alicyclic amines) is 1. The van der Waals surface area contributed by atoms with Gasteiger partial charge in [0.2, 0.25) is 5.91 Å². The SMILES string of the molecule is CC1C[C@]2(CC[C@@H](CN3CCC4(CC3)CN(c3ncnnc3Oc3ccc(F)cc3C(=O)N(C(C)C)C(C)C)C4)CC2)NC1=O. The molecule has 1 atom stereocenters. The van der Waals surface area contributed by atoms with Crippen LogP contribution in [0.25, 0.3) is 0 Å².